The van der Waals surface area contributed by atoms with Crippen LogP contribution in [0.5, 0.6) is 0 Å². The van der Waals surface area contributed by atoms with Crippen LogP contribution in [0.25, 0.3) is 9.40 Å². The van der Waals surface area contributed by atoms with Crippen molar-refractivity contribution in [3.05, 3.63) is 57.8 Å². The quantitative estimate of drug-likeness (QED) is 0.474. The summed E-state index contributed by atoms with van der Waals surface area (Å²) in [6, 6.07) is 9.31. The summed E-state index contributed by atoms with van der Waals surface area (Å²) >= 11 is 9.69. The van der Waals surface area contributed by atoms with E-state index in [0.29, 0.717) is 6.42 Å². The van der Waals surface area contributed by atoms with Gasteiger partial charge < -0.3 is 0 Å². The maximum atomic E-state index is 12.5. The summed E-state index contributed by atoms with van der Waals surface area (Å²) in [5, 5.41) is 1.82. The molecule has 110 valence electrons. The van der Waals surface area contributed by atoms with Crippen LogP contribution < -0.4 is 0 Å². The first-order valence-electron chi connectivity index (χ1n) is 6.20. The highest BCUT2D eigenvalue weighted by Crippen LogP contribution is 2.37. The largest absolute Gasteiger partial charge is 0.416 e. The van der Waals surface area contributed by atoms with Crippen molar-refractivity contribution in [2.75, 3.05) is 0 Å². The molecule has 1 unspecified atom stereocenters. The van der Waals surface area contributed by atoms with Crippen LogP contribution in [0.1, 0.15) is 21.4 Å². The molecule has 2 aromatic heterocycles. The zero-order valence-electron chi connectivity index (χ0n) is 10.7. The van der Waals surface area contributed by atoms with E-state index in [1.165, 1.54) is 21.5 Å². The molecule has 21 heavy (non-hydrogen) atoms. The Morgan fingerprint density at radius 2 is 1.76 bits per heavy atom. The van der Waals surface area contributed by atoms with E-state index in [1.807, 2.05) is 5.38 Å². The van der Waals surface area contributed by atoms with Crippen LogP contribution in [0.3, 0.4) is 0 Å². The summed E-state index contributed by atoms with van der Waals surface area (Å²) in [6.45, 7) is 0. The lowest BCUT2D eigenvalue weighted by molar-refractivity contribution is -0.137. The Hall–Kier alpha value is -1.04. The van der Waals surface area contributed by atoms with Gasteiger partial charge in [0.15, 0.2) is 0 Å². The lowest BCUT2D eigenvalue weighted by Crippen LogP contribution is -2.04. The van der Waals surface area contributed by atoms with Crippen molar-refractivity contribution in [2.45, 2.75) is 18.0 Å². The molecule has 0 aliphatic carbocycles. The van der Waals surface area contributed by atoms with Crippen LogP contribution in [-0.4, -0.2) is 0 Å². The van der Waals surface area contributed by atoms with Gasteiger partial charge >= 0.3 is 6.18 Å². The third-order valence-corrected chi connectivity index (χ3v) is 5.89. The predicted octanol–water partition coefficient (Wildman–Crippen LogP) is 6.50. The number of halogens is 4. The van der Waals surface area contributed by atoms with Gasteiger partial charge in [-0.25, -0.2) is 0 Å². The molecule has 0 saturated heterocycles. The van der Waals surface area contributed by atoms with Gasteiger partial charge in [-0.05, 0) is 41.6 Å². The molecule has 0 nitrogen and oxygen atoms in total. The molecule has 6 heteroatoms. The smallest absolute Gasteiger partial charge is 0.166 e. The highest BCUT2D eigenvalue weighted by atomic mass is 35.5. The molecule has 2 heterocycles. The standard InChI is InChI=1S/C15H10ClF3S2/c16-11(13-8-14-12(21-13)5-6-20-14)7-9-1-3-10(4-2-9)15(17,18)19/h1-6,8,11H,7H2. The fourth-order valence-corrected chi connectivity index (χ4v) is 4.55. The summed E-state index contributed by atoms with van der Waals surface area (Å²) < 4.78 is 39.9. The van der Waals surface area contributed by atoms with Crippen LogP contribution in [0.15, 0.2) is 41.8 Å². The number of hydrogen-bond acceptors (Lipinski definition) is 2. The van der Waals surface area contributed by atoms with Crippen molar-refractivity contribution in [3.8, 4) is 0 Å². The van der Waals surface area contributed by atoms with Crippen molar-refractivity contribution in [3.63, 3.8) is 0 Å². The Morgan fingerprint density at radius 1 is 1.05 bits per heavy atom. The summed E-state index contributed by atoms with van der Waals surface area (Å²) in [6.07, 6.45) is -3.77. The molecule has 3 aromatic rings. The van der Waals surface area contributed by atoms with Crippen LogP contribution in [0, 0.1) is 0 Å². The van der Waals surface area contributed by atoms with E-state index in [2.05, 4.69) is 12.1 Å². The van der Waals surface area contributed by atoms with E-state index in [4.69, 9.17) is 11.6 Å². The zero-order chi connectivity index (χ0) is 15.0. The van der Waals surface area contributed by atoms with Gasteiger partial charge in [-0.3, -0.25) is 0 Å². The minimum Gasteiger partial charge on any atom is -0.166 e. The fraction of sp³-hybridized carbons (Fsp3) is 0.200. The molecule has 0 N–H and O–H groups in total. The lowest BCUT2D eigenvalue weighted by Gasteiger charge is -2.10. The van der Waals surface area contributed by atoms with Gasteiger partial charge in [0.25, 0.3) is 0 Å². The third kappa shape index (κ3) is 3.25. The third-order valence-electron chi connectivity index (χ3n) is 3.16. The van der Waals surface area contributed by atoms with Crippen molar-refractivity contribution in [1.82, 2.24) is 0 Å². The molecule has 0 spiro atoms. The topological polar surface area (TPSA) is 0 Å². The Balaban J connectivity index is 1.75. The second-order valence-electron chi connectivity index (χ2n) is 4.66. The molecule has 0 aliphatic heterocycles. The van der Waals surface area contributed by atoms with Gasteiger partial charge in [0, 0.05) is 14.3 Å². The van der Waals surface area contributed by atoms with Gasteiger partial charge in [0.05, 0.1) is 10.9 Å². The van der Waals surface area contributed by atoms with Gasteiger partial charge in [-0.1, -0.05) is 12.1 Å². The molecular formula is C15H10ClF3S2. The number of alkyl halides is 4. The Morgan fingerprint density at radius 3 is 2.38 bits per heavy atom. The number of rotatable bonds is 3. The molecule has 0 fully saturated rings. The average Bonchev–Trinajstić information content (AvgIpc) is 2.98. The van der Waals surface area contributed by atoms with Crippen molar-refractivity contribution in [1.29, 1.82) is 0 Å². The highest BCUT2D eigenvalue weighted by molar-refractivity contribution is 7.27. The summed E-state index contributed by atoms with van der Waals surface area (Å²) in [5.74, 6) is 0. The van der Waals surface area contributed by atoms with E-state index in [9.17, 15) is 13.2 Å². The Kier molecular flexibility index (Phi) is 3.99. The van der Waals surface area contributed by atoms with Crippen LogP contribution in [0.2, 0.25) is 0 Å². The van der Waals surface area contributed by atoms with Crippen LogP contribution >= 0.6 is 34.3 Å². The SMILES string of the molecule is FC(F)(F)c1ccc(CC(Cl)c2cc3sccc3s2)cc1. The molecule has 0 radical (unpaired) electrons. The second-order valence-corrected chi connectivity index (χ2v) is 7.25. The zero-order valence-corrected chi connectivity index (χ0v) is 13.0. The van der Waals surface area contributed by atoms with Crippen LogP contribution in [0.4, 0.5) is 13.2 Å². The van der Waals surface area contributed by atoms with E-state index in [0.717, 1.165) is 22.6 Å². The molecule has 0 bridgehead atoms. The maximum absolute atomic E-state index is 12.5. The van der Waals surface area contributed by atoms with Gasteiger partial charge in [-0.15, -0.1) is 34.3 Å². The summed E-state index contributed by atoms with van der Waals surface area (Å²) in [4.78, 5) is 1.05. The molecule has 3 rings (SSSR count). The average molecular weight is 347 g/mol. The highest BCUT2D eigenvalue weighted by Gasteiger charge is 2.30. The molecular weight excluding hydrogens is 337 g/mol. The first kappa shape index (κ1) is 14.9. The fourth-order valence-electron chi connectivity index (χ4n) is 2.08. The summed E-state index contributed by atoms with van der Waals surface area (Å²) in [7, 11) is 0. The van der Waals surface area contributed by atoms with Gasteiger partial charge in [0.2, 0.25) is 0 Å². The maximum Gasteiger partial charge on any atom is 0.416 e. The number of fused-ring (bicyclic) bond motifs is 1. The molecule has 1 aromatic carbocycles. The van der Waals surface area contributed by atoms with Crippen LogP contribution in [-0.2, 0) is 12.6 Å². The first-order valence-corrected chi connectivity index (χ1v) is 8.34. The first-order chi connectivity index (χ1) is 9.93. The van der Waals surface area contributed by atoms with Gasteiger partial charge in [-0.2, -0.15) is 13.2 Å². The molecule has 1 atom stereocenters. The summed E-state index contributed by atoms with van der Waals surface area (Å²) in [5.41, 5.74) is 0.175. The molecule has 0 aliphatic rings. The van der Waals surface area contributed by atoms with Crippen molar-refractivity contribution in [2.24, 2.45) is 0 Å². The minimum absolute atomic E-state index is 0.216. The Bertz CT molecular complexity index is 712. The monoisotopic (exact) mass is 346 g/mol. The van der Waals surface area contributed by atoms with Crippen molar-refractivity contribution < 1.29 is 13.2 Å². The normalized spacial score (nSPS) is 13.7. The predicted molar refractivity (Wildman–Crippen MR) is 83.4 cm³/mol. The Labute approximate surface area is 132 Å². The van der Waals surface area contributed by atoms with E-state index < -0.39 is 11.7 Å². The molecule has 0 saturated carbocycles. The molecule has 0 amide bonds. The van der Waals surface area contributed by atoms with Gasteiger partial charge in [0.1, 0.15) is 0 Å². The van der Waals surface area contributed by atoms with Crippen molar-refractivity contribution >= 4 is 43.7 Å². The lowest BCUT2D eigenvalue weighted by atomic mass is 10.1. The number of thiophene rings is 2. The number of hydrogen-bond donors (Lipinski definition) is 0. The van der Waals surface area contributed by atoms with E-state index >= 15 is 0 Å². The minimum atomic E-state index is -4.29. The second kappa shape index (κ2) is 5.63. The van der Waals surface area contributed by atoms with E-state index in [1.54, 1.807) is 22.7 Å². The van der Waals surface area contributed by atoms with E-state index in [-0.39, 0.29) is 5.38 Å². The number of benzene rings is 1.